The Kier molecular flexibility index (Phi) is 5.81. The fraction of sp³-hybridized carbons (Fsp3) is 0.318. The number of likely N-dealkylation sites (tertiary alicyclic amines) is 1. The van der Waals surface area contributed by atoms with Crippen LogP contribution in [-0.2, 0) is 27.3 Å². The number of nitrogens with zero attached hydrogens (tertiary/aromatic N) is 1. The normalized spacial score (nSPS) is 20.3. The summed E-state index contributed by atoms with van der Waals surface area (Å²) in [6.45, 7) is 1.01. The van der Waals surface area contributed by atoms with Crippen molar-refractivity contribution in [1.82, 2.24) is 5.32 Å². The maximum absolute atomic E-state index is 13.0. The molecule has 2 aromatic rings. The van der Waals surface area contributed by atoms with E-state index in [1.807, 2.05) is 60.7 Å². The van der Waals surface area contributed by atoms with Crippen molar-refractivity contribution in [3.05, 3.63) is 71.8 Å². The smallest absolute Gasteiger partial charge is 0.314 e. The average molecular weight is 365 g/mol. The minimum absolute atomic E-state index is 0.0190. The summed E-state index contributed by atoms with van der Waals surface area (Å²) >= 11 is 0. The van der Waals surface area contributed by atoms with Crippen LogP contribution >= 0.6 is 0 Å². The van der Waals surface area contributed by atoms with E-state index in [4.69, 9.17) is 0 Å². The molecule has 0 spiro atoms. The first-order valence-electron chi connectivity index (χ1n) is 9.31. The highest BCUT2D eigenvalue weighted by Gasteiger charge is 2.52. The number of amides is 2. The number of nitrogens with one attached hydrogen (secondary N) is 1. The van der Waals surface area contributed by atoms with Gasteiger partial charge in [-0.25, -0.2) is 9.28 Å². The third-order valence-corrected chi connectivity index (χ3v) is 5.37. The molecule has 27 heavy (non-hydrogen) atoms. The van der Waals surface area contributed by atoms with Crippen LogP contribution in [0.3, 0.4) is 0 Å². The maximum Gasteiger partial charge on any atom is 0.314 e. The zero-order chi connectivity index (χ0) is 19.3. The van der Waals surface area contributed by atoms with E-state index in [-0.39, 0.29) is 10.4 Å². The fourth-order valence-corrected chi connectivity index (χ4v) is 3.98. The second-order valence-electron chi connectivity index (χ2n) is 7.05. The third-order valence-electron chi connectivity index (χ3n) is 5.37. The monoisotopic (exact) mass is 365 g/mol. The number of Topliss-reactive ketones (excluding diaryl/α,β-unsaturated/α-hetero) is 1. The molecule has 0 aromatic heterocycles. The van der Waals surface area contributed by atoms with Crippen molar-refractivity contribution in [1.29, 1.82) is 0 Å². The van der Waals surface area contributed by atoms with Crippen LogP contribution in [0, 0.1) is 0 Å². The van der Waals surface area contributed by atoms with Gasteiger partial charge in [-0.1, -0.05) is 60.7 Å². The van der Waals surface area contributed by atoms with Gasteiger partial charge in [0.25, 0.3) is 11.7 Å². The van der Waals surface area contributed by atoms with Crippen molar-refractivity contribution in [2.75, 3.05) is 13.6 Å². The Morgan fingerprint density at radius 2 is 1.59 bits per heavy atom. The summed E-state index contributed by atoms with van der Waals surface area (Å²) in [4.78, 5) is 38.3. The zero-order valence-corrected chi connectivity index (χ0v) is 15.6. The van der Waals surface area contributed by atoms with E-state index in [9.17, 15) is 14.4 Å². The number of carbonyl (C=O) groups is 3. The Bertz CT molecular complexity index is 820. The molecule has 2 amide bonds. The van der Waals surface area contributed by atoms with Gasteiger partial charge in [-0.05, 0) is 5.56 Å². The van der Waals surface area contributed by atoms with Crippen molar-refractivity contribution >= 4 is 17.6 Å². The molecule has 1 saturated heterocycles. The Balaban J connectivity index is 2.03. The Morgan fingerprint density at radius 1 is 1.00 bits per heavy atom. The Hall–Kier alpha value is -2.79. The first kappa shape index (κ1) is 19.0. The van der Waals surface area contributed by atoms with Gasteiger partial charge in [-0.3, -0.25) is 9.59 Å². The van der Waals surface area contributed by atoms with Crippen molar-refractivity contribution in [3.8, 4) is 0 Å². The van der Waals surface area contributed by atoms with Crippen LogP contribution in [0.5, 0.6) is 0 Å². The van der Waals surface area contributed by atoms with Crippen LogP contribution in [-0.4, -0.2) is 41.7 Å². The van der Waals surface area contributed by atoms with Crippen molar-refractivity contribution in [2.45, 2.75) is 31.8 Å². The molecule has 0 aliphatic carbocycles. The molecule has 2 aromatic carbocycles. The van der Waals surface area contributed by atoms with Gasteiger partial charge in [0.2, 0.25) is 0 Å². The number of ketones is 1. The fourth-order valence-electron chi connectivity index (χ4n) is 3.98. The van der Waals surface area contributed by atoms with E-state index in [0.717, 1.165) is 17.5 Å². The molecule has 2 unspecified atom stereocenters. The predicted molar refractivity (Wildman–Crippen MR) is 103 cm³/mol. The average Bonchev–Trinajstić information content (AvgIpc) is 3.07. The van der Waals surface area contributed by atoms with Crippen LogP contribution in [0.25, 0.3) is 0 Å². The first-order valence-corrected chi connectivity index (χ1v) is 9.31. The summed E-state index contributed by atoms with van der Waals surface area (Å²) < 4.78 is 0.0190. The van der Waals surface area contributed by atoms with E-state index in [2.05, 4.69) is 5.32 Å². The van der Waals surface area contributed by atoms with Gasteiger partial charge < -0.3 is 5.32 Å². The van der Waals surface area contributed by atoms with Crippen LogP contribution in [0.2, 0.25) is 0 Å². The maximum atomic E-state index is 13.0. The topological polar surface area (TPSA) is 63.2 Å². The molecule has 2 atom stereocenters. The Labute approximate surface area is 159 Å². The minimum atomic E-state index is -0.720. The van der Waals surface area contributed by atoms with Gasteiger partial charge in [0.05, 0.1) is 13.0 Å². The van der Waals surface area contributed by atoms with Gasteiger partial charge in [-0.2, -0.15) is 0 Å². The lowest BCUT2D eigenvalue weighted by molar-refractivity contribution is -0.875. The number of likely N-dealkylation sites (N-methyl/N-ethyl adjacent to an activating group) is 1. The zero-order valence-electron chi connectivity index (χ0n) is 15.6. The van der Waals surface area contributed by atoms with E-state index in [1.54, 1.807) is 0 Å². The molecule has 1 heterocycles. The van der Waals surface area contributed by atoms with E-state index in [0.29, 0.717) is 25.9 Å². The highest BCUT2D eigenvalue weighted by Crippen LogP contribution is 2.31. The second-order valence-corrected chi connectivity index (χ2v) is 7.05. The number of hydrogen-bond donors (Lipinski definition) is 1. The summed E-state index contributed by atoms with van der Waals surface area (Å²) in [7, 11) is 1.45. The molecule has 5 heteroatoms. The molecular formula is C22H25N2O3+. The van der Waals surface area contributed by atoms with Crippen molar-refractivity contribution in [3.63, 3.8) is 0 Å². The van der Waals surface area contributed by atoms with E-state index in [1.165, 1.54) is 7.05 Å². The van der Waals surface area contributed by atoms with Gasteiger partial charge >= 0.3 is 5.91 Å². The molecule has 1 aliphatic heterocycles. The molecule has 0 radical (unpaired) electrons. The molecule has 1 fully saturated rings. The van der Waals surface area contributed by atoms with Crippen molar-refractivity contribution in [2.24, 2.45) is 0 Å². The molecule has 1 N–H and O–H groups in total. The predicted octanol–water partition coefficient (Wildman–Crippen LogP) is 2.25. The third kappa shape index (κ3) is 3.98. The highest BCUT2D eigenvalue weighted by atomic mass is 16.2. The molecule has 1 aliphatic rings. The summed E-state index contributed by atoms with van der Waals surface area (Å²) in [6, 6.07) is 18.6. The summed E-state index contributed by atoms with van der Waals surface area (Å²) in [5.74, 6) is -1.12. The van der Waals surface area contributed by atoms with Gasteiger partial charge in [0.15, 0.2) is 6.04 Å². The molecular weight excluding hydrogens is 340 g/mol. The van der Waals surface area contributed by atoms with Crippen LogP contribution < -0.4 is 5.32 Å². The lowest BCUT2D eigenvalue weighted by Crippen LogP contribution is -2.61. The minimum Gasteiger partial charge on any atom is -0.352 e. The van der Waals surface area contributed by atoms with Gasteiger partial charge in [-0.15, -0.1) is 0 Å². The standard InChI is InChI=1S/C22H24N2O3/c1-23-22(27)21(26)19(15-17-9-4-2-5-10-17)24(14-8-13-20(24)25)16-18-11-6-3-7-12-18/h2-7,9-12,19H,8,13-16H2,1H3/p+1. The summed E-state index contributed by atoms with van der Waals surface area (Å²) in [5, 5.41) is 2.44. The summed E-state index contributed by atoms with van der Waals surface area (Å²) in [5.41, 5.74) is 1.94. The number of rotatable bonds is 7. The Morgan fingerprint density at radius 3 is 2.11 bits per heavy atom. The molecule has 140 valence electrons. The lowest BCUT2D eigenvalue weighted by Gasteiger charge is -2.38. The van der Waals surface area contributed by atoms with E-state index < -0.39 is 17.7 Å². The lowest BCUT2D eigenvalue weighted by atomic mass is 9.96. The first-order chi connectivity index (χ1) is 13.1. The van der Waals surface area contributed by atoms with Crippen LogP contribution in [0.1, 0.15) is 24.0 Å². The molecule has 0 bridgehead atoms. The SMILES string of the molecule is CNC(=O)C(=O)C(Cc1ccccc1)[N+]1(Cc2ccccc2)CCCC1=O. The summed E-state index contributed by atoms with van der Waals surface area (Å²) in [6.07, 6.45) is 1.54. The largest absolute Gasteiger partial charge is 0.352 e. The molecule has 5 nitrogen and oxygen atoms in total. The van der Waals surface area contributed by atoms with Crippen LogP contribution in [0.15, 0.2) is 60.7 Å². The number of carbonyl (C=O) groups excluding carboxylic acids is 3. The molecule has 0 saturated carbocycles. The second kappa shape index (κ2) is 8.27. The molecule has 3 rings (SSSR count). The number of hydrogen-bond acceptors (Lipinski definition) is 3. The highest BCUT2D eigenvalue weighted by molar-refractivity contribution is 6.38. The van der Waals surface area contributed by atoms with Gasteiger partial charge in [0.1, 0.15) is 6.54 Å². The number of quaternary nitrogens is 1. The van der Waals surface area contributed by atoms with Crippen LogP contribution in [0.4, 0.5) is 0 Å². The van der Waals surface area contributed by atoms with E-state index >= 15 is 0 Å². The quantitative estimate of drug-likeness (QED) is 0.605. The van der Waals surface area contributed by atoms with Crippen molar-refractivity contribution < 1.29 is 18.9 Å². The number of benzene rings is 2. The van der Waals surface area contributed by atoms with Gasteiger partial charge in [0, 0.05) is 25.5 Å².